The standard InChI is InChI=1S/C15H10N6O3S/c16-20-14(12-2-1-7-24-12)18-19-15(20)25-13-4-3-11(21(22)23)10-8-17-6-5-9(10)13/h1-8H,16H2. The average Bonchev–Trinajstić information content (AvgIpc) is 3.25. The van der Waals surface area contributed by atoms with Gasteiger partial charge in [0.1, 0.15) is 0 Å². The van der Waals surface area contributed by atoms with Crippen LogP contribution in [0.25, 0.3) is 22.4 Å². The molecule has 4 rings (SSSR count). The molecule has 0 atom stereocenters. The van der Waals surface area contributed by atoms with Crippen LogP contribution in [0.1, 0.15) is 0 Å². The lowest BCUT2D eigenvalue weighted by Gasteiger charge is -2.06. The quantitative estimate of drug-likeness (QED) is 0.337. The molecule has 3 aromatic heterocycles. The van der Waals surface area contributed by atoms with Crippen LogP contribution >= 0.6 is 11.8 Å². The number of nitro benzene ring substituents is 1. The van der Waals surface area contributed by atoms with Crippen molar-refractivity contribution in [3.05, 3.63) is 59.1 Å². The van der Waals surface area contributed by atoms with Gasteiger partial charge in [0.15, 0.2) is 5.76 Å². The highest BCUT2D eigenvalue weighted by Crippen LogP contribution is 2.36. The predicted octanol–water partition coefficient (Wildman–Crippen LogP) is 2.86. The molecule has 0 saturated heterocycles. The van der Waals surface area contributed by atoms with Crippen molar-refractivity contribution in [2.75, 3.05) is 5.84 Å². The largest absolute Gasteiger partial charge is 0.461 e. The second-order valence-corrected chi connectivity index (χ2v) is 6.03. The van der Waals surface area contributed by atoms with Gasteiger partial charge >= 0.3 is 0 Å². The highest BCUT2D eigenvalue weighted by molar-refractivity contribution is 7.99. The van der Waals surface area contributed by atoms with Crippen LogP contribution in [0, 0.1) is 10.1 Å². The summed E-state index contributed by atoms with van der Waals surface area (Å²) in [5.74, 6) is 6.94. The van der Waals surface area contributed by atoms with Gasteiger partial charge in [-0.3, -0.25) is 15.1 Å². The lowest BCUT2D eigenvalue weighted by atomic mass is 10.1. The Balaban J connectivity index is 1.78. The van der Waals surface area contributed by atoms with Gasteiger partial charge in [-0.1, -0.05) is 0 Å². The third kappa shape index (κ3) is 2.58. The maximum Gasteiger partial charge on any atom is 0.278 e. The number of nitrogens with two attached hydrogens (primary N) is 1. The third-order valence-corrected chi connectivity index (χ3v) is 4.60. The van der Waals surface area contributed by atoms with Crippen molar-refractivity contribution in [3.8, 4) is 11.6 Å². The number of pyridine rings is 1. The molecule has 0 aliphatic carbocycles. The normalized spacial score (nSPS) is 11.0. The molecule has 1 aromatic carbocycles. The number of hydrogen-bond acceptors (Lipinski definition) is 8. The monoisotopic (exact) mass is 354 g/mol. The number of aromatic nitrogens is 4. The highest BCUT2D eigenvalue weighted by atomic mass is 32.2. The molecule has 0 aliphatic rings. The third-order valence-electron chi connectivity index (χ3n) is 3.56. The van der Waals surface area contributed by atoms with Gasteiger partial charge < -0.3 is 10.3 Å². The molecule has 3 heterocycles. The number of hydrogen-bond donors (Lipinski definition) is 1. The molecule has 9 nitrogen and oxygen atoms in total. The Kier molecular flexibility index (Phi) is 3.58. The minimum Gasteiger partial charge on any atom is -0.461 e. The van der Waals surface area contributed by atoms with E-state index in [0.29, 0.717) is 27.5 Å². The van der Waals surface area contributed by atoms with Gasteiger partial charge in [-0.25, -0.2) is 4.68 Å². The zero-order chi connectivity index (χ0) is 17.4. The number of nitrogens with zero attached hydrogens (tertiary/aromatic N) is 5. The van der Waals surface area contributed by atoms with E-state index >= 15 is 0 Å². The van der Waals surface area contributed by atoms with E-state index in [2.05, 4.69) is 15.2 Å². The van der Waals surface area contributed by atoms with Gasteiger partial charge in [0.05, 0.1) is 16.6 Å². The first-order valence-electron chi connectivity index (χ1n) is 7.08. The van der Waals surface area contributed by atoms with Crippen molar-refractivity contribution < 1.29 is 9.34 Å². The summed E-state index contributed by atoms with van der Waals surface area (Å²) in [5, 5.41) is 20.9. The van der Waals surface area contributed by atoms with E-state index in [-0.39, 0.29) is 5.69 Å². The van der Waals surface area contributed by atoms with Crippen LogP contribution in [0.3, 0.4) is 0 Å². The van der Waals surface area contributed by atoms with Gasteiger partial charge in [-0.05, 0) is 36.0 Å². The van der Waals surface area contributed by atoms with Crippen LogP contribution in [-0.4, -0.2) is 24.8 Å². The molecule has 0 bridgehead atoms. The Bertz CT molecular complexity index is 1080. The van der Waals surface area contributed by atoms with Gasteiger partial charge in [0, 0.05) is 28.7 Å². The fourth-order valence-electron chi connectivity index (χ4n) is 2.41. The molecule has 25 heavy (non-hydrogen) atoms. The van der Waals surface area contributed by atoms with Gasteiger partial charge in [0.25, 0.3) is 5.69 Å². The SMILES string of the molecule is Nn1c(Sc2ccc([N+](=O)[O-])c3cnccc23)nnc1-c1ccco1. The molecule has 124 valence electrons. The summed E-state index contributed by atoms with van der Waals surface area (Å²) in [6, 6.07) is 8.28. The first-order chi connectivity index (χ1) is 12.1. The van der Waals surface area contributed by atoms with Crippen LogP contribution in [0.15, 0.2) is 63.5 Å². The molecule has 4 aromatic rings. The van der Waals surface area contributed by atoms with Crippen LogP contribution in [0.2, 0.25) is 0 Å². The van der Waals surface area contributed by atoms with Crippen LogP contribution in [-0.2, 0) is 0 Å². The number of nitro groups is 1. The molecule has 0 amide bonds. The molecule has 0 fully saturated rings. The Morgan fingerprint density at radius 2 is 2.08 bits per heavy atom. The second-order valence-electron chi connectivity index (χ2n) is 5.02. The Morgan fingerprint density at radius 3 is 2.84 bits per heavy atom. The summed E-state index contributed by atoms with van der Waals surface area (Å²) in [4.78, 5) is 15.5. The van der Waals surface area contributed by atoms with Crippen molar-refractivity contribution >= 4 is 28.2 Å². The van der Waals surface area contributed by atoms with Crippen LogP contribution < -0.4 is 5.84 Å². The van der Waals surface area contributed by atoms with Crippen molar-refractivity contribution in [2.24, 2.45) is 0 Å². The number of furan rings is 1. The first kappa shape index (κ1) is 15.1. The fourth-order valence-corrected chi connectivity index (χ4v) is 3.30. The summed E-state index contributed by atoms with van der Waals surface area (Å²) >= 11 is 1.25. The Labute approximate surface area is 144 Å². The molecule has 10 heteroatoms. The Hall–Kier alpha value is -3.40. The summed E-state index contributed by atoms with van der Waals surface area (Å²) in [6.45, 7) is 0. The minimum atomic E-state index is -0.432. The van der Waals surface area contributed by atoms with E-state index in [1.165, 1.54) is 35.0 Å². The number of fused-ring (bicyclic) bond motifs is 1. The van der Waals surface area contributed by atoms with Gasteiger partial charge in [-0.15, -0.1) is 10.2 Å². The van der Waals surface area contributed by atoms with Crippen molar-refractivity contribution in [1.29, 1.82) is 0 Å². The molecule has 0 radical (unpaired) electrons. The number of nitrogen functional groups attached to an aromatic ring is 1. The van der Waals surface area contributed by atoms with Crippen molar-refractivity contribution in [1.82, 2.24) is 19.9 Å². The molecule has 0 aliphatic heterocycles. The molecule has 0 saturated carbocycles. The van der Waals surface area contributed by atoms with E-state index in [1.54, 1.807) is 30.5 Å². The zero-order valence-corrected chi connectivity index (χ0v) is 13.4. The van der Waals surface area contributed by atoms with Gasteiger partial charge in [0.2, 0.25) is 11.0 Å². The predicted molar refractivity (Wildman–Crippen MR) is 90.4 cm³/mol. The minimum absolute atomic E-state index is 0.00191. The Morgan fingerprint density at radius 1 is 1.20 bits per heavy atom. The van der Waals surface area contributed by atoms with Crippen molar-refractivity contribution in [2.45, 2.75) is 10.1 Å². The topological polar surface area (TPSA) is 126 Å². The maximum atomic E-state index is 11.2. The van der Waals surface area contributed by atoms with Crippen LogP contribution in [0.5, 0.6) is 0 Å². The maximum absolute atomic E-state index is 11.2. The molecule has 0 unspecified atom stereocenters. The smallest absolute Gasteiger partial charge is 0.278 e. The van der Waals surface area contributed by atoms with E-state index < -0.39 is 4.92 Å². The van der Waals surface area contributed by atoms with E-state index in [1.807, 2.05) is 0 Å². The number of non-ortho nitro benzene ring substituents is 1. The highest BCUT2D eigenvalue weighted by Gasteiger charge is 2.19. The lowest BCUT2D eigenvalue weighted by molar-refractivity contribution is -0.383. The lowest BCUT2D eigenvalue weighted by Crippen LogP contribution is -2.11. The summed E-state index contributed by atoms with van der Waals surface area (Å²) in [6.07, 6.45) is 4.57. The molecule has 0 spiro atoms. The molecular formula is C15H10N6O3S. The summed E-state index contributed by atoms with van der Waals surface area (Å²) < 4.78 is 6.60. The fraction of sp³-hybridized carbons (Fsp3) is 0. The second kappa shape index (κ2) is 5.91. The molecule has 2 N–H and O–H groups in total. The number of benzene rings is 1. The van der Waals surface area contributed by atoms with Crippen molar-refractivity contribution in [3.63, 3.8) is 0 Å². The van der Waals surface area contributed by atoms with Crippen LogP contribution in [0.4, 0.5) is 5.69 Å². The number of rotatable bonds is 4. The summed E-state index contributed by atoms with van der Waals surface area (Å²) in [5.41, 5.74) is -0.00191. The van der Waals surface area contributed by atoms with E-state index in [4.69, 9.17) is 10.3 Å². The van der Waals surface area contributed by atoms with E-state index in [9.17, 15) is 10.1 Å². The molecular weight excluding hydrogens is 344 g/mol. The average molecular weight is 354 g/mol. The first-order valence-corrected chi connectivity index (χ1v) is 7.90. The summed E-state index contributed by atoms with van der Waals surface area (Å²) in [7, 11) is 0. The van der Waals surface area contributed by atoms with Gasteiger partial charge in [-0.2, -0.15) is 0 Å². The van der Waals surface area contributed by atoms with E-state index in [0.717, 1.165) is 4.90 Å². The zero-order valence-electron chi connectivity index (χ0n) is 12.6.